The third kappa shape index (κ3) is 3.44. The highest BCUT2D eigenvalue weighted by Gasteiger charge is 2.21. The van der Waals surface area contributed by atoms with Crippen molar-refractivity contribution >= 4 is 5.91 Å². The number of carbonyl (C=O) groups excluding carboxylic acids is 1. The highest BCUT2D eigenvalue weighted by molar-refractivity contribution is 5.79. The Morgan fingerprint density at radius 3 is 2.56 bits per heavy atom. The van der Waals surface area contributed by atoms with Crippen LogP contribution < -0.4 is 5.32 Å². The van der Waals surface area contributed by atoms with Crippen molar-refractivity contribution in [2.75, 3.05) is 6.61 Å². The van der Waals surface area contributed by atoms with Crippen LogP contribution in [0.15, 0.2) is 42.5 Å². The molecule has 0 heterocycles. The van der Waals surface area contributed by atoms with Gasteiger partial charge in [0.15, 0.2) is 0 Å². The second-order valence-electron chi connectivity index (χ2n) is 4.72. The summed E-state index contributed by atoms with van der Waals surface area (Å²) in [5, 5.41) is 12.3. The standard InChI is InChI=1S/C15H19NO2/c17-11-14(10-12-6-2-1-3-7-12)16-15(18)13-8-4-5-9-13/h1-7,13-14,17H,8-11H2,(H,16,18)/t14-/m1/s1. The van der Waals surface area contributed by atoms with Gasteiger partial charge in [-0.2, -0.15) is 0 Å². The Kier molecular flexibility index (Phi) is 4.53. The first-order valence-corrected chi connectivity index (χ1v) is 6.39. The minimum absolute atomic E-state index is 0.0270. The number of amides is 1. The molecular weight excluding hydrogens is 226 g/mol. The summed E-state index contributed by atoms with van der Waals surface area (Å²) in [5.41, 5.74) is 1.13. The summed E-state index contributed by atoms with van der Waals surface area (Å²) < 4.78 is 0. The van der Waals surface area contributed by atoms with E-state index in [1.165, 1.54) is 0 Å². The van der Waals surface area contributed by atoms with Crippen LogP contribution in [-0.4, -0.2) is 23.7 Å². The summed E-state index contributed by atoms with van der Waals surface area (Å²) in [4.78, 5) is 11.9. The van der Waals surface area contributed by atoms with E-state index in [-0.39, 0.29) is 24.5 Å². The van der Waals surface area contributed by atoms with E-state index in [0.717, 1.165) is 18.4 Å². The molecule has 1 amide bonds. The van der Waals surface area contributed by atoms with Crippen molar-refractivity contribution in [3.63, 3.8) is 0 Å². The number of allylic oxidation sites excluding steroid dienone is 2. The van der Waals surface area contributed by atoms with Gasteiger partial charge in [-0.15, -0.1) is 0 Å². The largest absolute Gasteiger partial charge is 0.394 e. The van der Waals surface area contributed by atoms with Crippen molar-refractivity contribution < 1.29 is 9.90 Å². The van der Waals surface area contributed by atoms with Gasteiger partial charge in [0, 0.05) is 5.92 Å². The summed E-state index contributed by atoms with van der Waals surface area (Å²) in [6.07, 6.45) is 6.37. The molecule has 0 spiro atoms. The molecule has 0 aliphatic heterocycles. The minimum Gasteiger partial charge on any atom is -0.394 e. The van der Waals surface area contributed by atoms with E-state index in [9.17, 15) is 9.90 Å². The molecule has 18 heavy (non-hydrogen) atoms. The number of hydrogen-bond donors (Lipinski definition) is 2. The zero-order valence-electron chi connectivity index (χ0n) is 10.4. The van der Waals surface area contributed by atoms with Crippen LogP contribution in [0, 0.1) is 5.92 Å². The van der Waals surface area contributed by atoms with E-state index in [1.807, 2.05) is 42.5 Å². The van der Waals surface area contributed by atoms with Crippen LogP contribution in [0.25, 0.3) is 0 Å². The van der Waals surface area contributed by atoms with Crippen molar-refractivity contribution in [3.05, 3.63) is 48.0 Å². The number of aliphatic hydroxyl groups is 1. The molecule has 3 heteroatoms. The molecule has 1 aliphatic carbocycles. The third-order valence-corrected chi connectivity index (χ3v) is 3.27. The molecule has 2 rings (SSSR count). The number of carbonyl (C=O) groups is 1. The zero-order chi connectivity index (χ0) is 12.8. The lowest BCUT2D eigenvalue weighted by molar-refractivity contribution is -0.125. The lowest BCUT2D eigenvalue weighted by atomic mass is 10.0. The van der Waals surface area contributed by atoms with Gasteiger partial charge in [0.05, 0.1) is 12.6 Å². The van der Waals surface area contributed by atoms with Crippen LogP contribution in [0.2, 0.25) is 0 Å². The molecule has 0 radical (unpaired) electrons. The monoisotopic (exact) mass is 245 g/mol. The SMILES string of the molecule is O=C(N[C@@H](CO)Cc1ccccc1)C1CC=CC1. The Balaban J connectivity index is 1.87. The molecule has 0 aromatic heterocycles. The molecule has 96 valence electrons. The molecule has 1 aromatic carbocycles. The quantitative estimate of drug-likeness (QED) is 0.775. The molecule has 0 unspecified atom stereocenters. The normalized spacial score (nSPS) is 16.7. The summed E-state index contributed by atoms with van der Waals surface area (Å²) in [5.74, 6) is 0.102. The predicted molar refractivity (Wildman–Crippen MR) is 71.0 cm³/mol. The van der Waals surface area contributed by atoms with Gasteiger partial charge >= 0.3 is 0 Å². The Bertz CT molecular complexity index is 406. The van der Waals surface area contributed by atoms with Crippen molar-refractivity contribution in [1.29, 1.82) is 0 Å². The molecule has 2 N–H and O–H groups in total. The van der Waals surface area contributed by atoms with Crippen LogP contribution in [0.1, 0.15) is 18.4 Å². The van der Waals surface area contributed by atoms with E-state index in [0.29, 0.717) is 6.42 Å². The molecule has 0 fully saturated rings. The lowest BCUT2D eigenvalue weighted by Gasteiger charge is -2.19. The van der Waals surface area contributed by atoms with Crippen molar-refractivity contribution in [2.45, 2.75) is 25.3 Å². The van der Waals surface area contributed by atoms with Crippen molar-refractivity contribution in [1.82, 2.24) is 5.32 Å². The van der Waals surface area contributed by atoms with Gasteiger partial charge in [-0.25, -0.2) is 0 Å². The van der Waals surface area contributed by atoms with E-state index in [4.69, 9.17) is 0 Å². The van der Waals surface area contributed by atoms with Gasteiger partial charge in [0.1, 0.15) is 0 Å². The smallest absolute Gasteiger partial charge is 0.224 e. The van der Waals surface area contributed by atoms with Gasteiger partial charge < -0.3 is 10.4 Å². The van der Waals surface area contributed by atoms with E-state index >= 15 is 0 Å². The highest BCUT2D eigenvalue weighted by Crippen LogP contribution is 2.18. The summed E-state index contributed by atoms with van der Waals surface area (Å²) in [6, 6.07) is 9.71. The summed E-state index contributed by atoms with van der Waals surface area (Å²) in [6.45, 7) is -0.0270. The first kappa shape index (κ1) is 12.8. The van der Waals surface area contributed by atoms with Gasteiger partial charge in [-0.3, -0.25) is 4.79 Å². The first-order valence-electron chi connectivity index (χ1n) is 6.39. The number of aliphatic hydroxyl groups excluding tert-OH is 1. The maximum Gasteiger partial charge on any atom is 0.224 e. The number of nitrogens with one attached hydrogen (secondary N) is 1. The number of rotatable bonds is 5. The molecule has 0 saturated heterocycles. The predicted octanol–water partition coefficient (Wildman–Crippen LogP) is 1.67. The fraction of sp³-hybridized carbons (Fsp3) is 0.400. The van der Waals surface area contributed by atoms with Crippen LogP contribution in [-0.2, 0) is 11.2 Å². The lowest BCUT2D eigenvalue weighted by Crippen LogP contribution is -2.41. The second kappa shape index (κ2) is 6.36. The number of hydrogen-bond acceptors (Lipinski definition) is 2. The highest BCUT2D eigenvalue weighted by atomic mass is 16.3. The average molecular weight is 245 g/mol. The van der Waals surface area contributed by atoms with Gasteiger partial charge in [0.2, 0.25) is 5.91 Å². The maximum atomic E-state index is 11.9. The first-order chi connectivity index (χ1) is 8.79. The number of benzene rings is 1. The second-order valence-corrected chi connectivity index (χ2v) is 4.72. The van der Waals surface area contributed by atoms with Gasteiger partial charge in [-0.05, 0) is 24.8 Å². The molecule has 1 aliphatic rings. The topological polar surface area (TPSA) is 49.3 Å². The fourth-order valence-corrected chi connectivity index (χ4v) is 2.21. The minimum atomic E-state index is -0.194. The van der Waals surface area contributed by atoms with E-state index in [2.05, 4.69) is 5.32 Å². The van der Waals surface area contributed by atoms with Gasteiger partial charge in [-0.1, -0.05) is 42.5 Å². The van der Waals surface area contributed by atoms with Crippen molar-refractivity contribution in [2.24, 2.45) is 5.92 Å². The van der Waals surface area contributed by atoms with Crippen molar-refractivity contribution in [3.8, 4) is 0 Å². The summed E-state index contributed by atoms with van der Waals surface area (Å²) in [7, 11) is 0. The van der Waals surface area contributed by atoms with Crippen LogP contribution in [0.4, 0.5) is 0 Å². The molecule has 1 aromatic rings. The molecule has 3 nitrogen and oxygen atoms in total. The molecule has 0 bridgehead atoms. The van der Waals surface area contributed by atoms with E-state index in [1.54, 1.807) is 0 Å². The molecule has 1 atom stereocenters. The van der Waals surface area contributed by atoms with Crippen LogP contribution >= 0.6 is 0 Å². The Morgan fingerprint density at radius 2 is 1.94 bits per heavy atom. The molecular formula is C15H19NO2. The fourth-order valence-electron chi connectivity index (χ4n) is 2.21. The Labute approximate surface area is 108 Å². The van der Waals surface area contributed by atoms with Crippen LogP contribution in [0.5, 0.6) is 0 Å². The zero-order valence-corrected chi connectivity index (χ0v) is 10.4. The average Bonchev–Trinajstić information content (AvgIpc) is 2.93. The van der Waals surface area contributed by atoms with Crippen LogP contribution in [0.3, 0.4) is 0 Å². The van der Waals surface area contributed by atoms with Gasteiger partial charge in [0.25, 0.3) is 0 Å². The Hall–Kier alpha value is -1.61. The third-order valence-electron chi connectivity index (χ3n) is 3.27. The summed E-state index contributed by atoms with van der Waals surface area (Å²) >= 11 is 0. The maximum absolute atomic E-state index is 11.9. The Morgan fingerprint density at radius 1 is 1.28 bits per heavy atom. The molecule has 0 saturated carbocycles. The van der Waals surface area contributed by atoms with E-state index < -0.39 is 0 Å².